The fraction of sp³-hybridized carbons (Fsp3) is 0.308. The molecule has 1 aliphatic heterocycles. The van der Waals surface area contributed by atoms with E-state index in [9.17, 15) is 22.4 Å². The summed E-state index contributed by atoms with van der Waals surface area (Å²) < 4.78 is 52.1. The number of carbonyl (C=O) groups is 1. The van der Waals surface area contributed by atoms with Crippen molar-refractivity contribution in [1.29, 1.82) is 0 Å². The third kappa shape index (κ3) is 2.76. The zero-order valence-electron chi connectivity index (χ0n) is 10.2. The predicted octanol–water partition coefficient (Wildman–Crippen LogP) is 3.61. The van der Waals surface area contributed by atoms with Crippen LogP contribution in [0.5, 0.6) is 0 Å². The number of halogens is 4. The van der Waals surface area contributed by atoms with Crippen molar-refractivity contribution < 1.29 is 27.5 Å². The van der Waals surface area contributed by atoms with Crippen molar-refractivity contribution in [2.45, 2.75) is 12.6 Å². The molecule has 1 N–H and O–H groups in total. The number of nitrogens with zero attached hydrogens (tertiary/aromatic N) is 1. The van der Waals surface area contributed by atoms with E-state index in [0.29, 0.717) is 5.57 Å². The van der Waals surface area contributed by atoms with Crippen LogP contribution >= 0.6 is 0 Å². The summed E-state index contributed by atoms with van der Waals surface area (Å²) in [6.45, 7) is 0.0907. The first kappa shape index (κ1) is 14.4. The number of benzene rings is 1. The number of alkyl halides is 3. The summed E-state index contributed by atoms with van der Waals surface area (Å²) in [6.07, 6.45) is -4.40. The van der Waals surface area contributed by atoms with E-state index in [1.807, 2.05) is 0 Å². The first-order valence-electron chi connectivity index (χ1n) is 5.83. The smallest absolute Gasteiger partial charge is 0.419 e. The van der Waals surface area contributed by atoms with Gasteiger partial charge in [-0.3, -0.25) is 0 Å². The number of carboxylic acid groups (broad SMARTS) is 1. The molecule has 3 nitrogen and oxygen atoms in total. The second-order valence-corrected chi connectivity index (χ2v) is 4.37. The van der Waals surface area contributed by atoms with Crippen LogP contribution in [0.3, 0.4) is 0 Å². The molecule has 7 heteroatoms. The molecule has 0 unspecified atom stereocenters. The normalized spacial score (nSPS) is 16.0. The average Bonchev–Trinajstić information content (AvgIpc) is 2.37. The van der Waals surface area contributed by atoms with Gasteiger partial charge < -0.3 is 10.0 Å². The van der Waals surface area contributed by atoms with E-state index in [-0.39, 0.29) is 25.1 Å². The van der Waals surface area contributed by atoms with Gasteiger partial charge in [0, 0.05) is 13.1 Å². The minimum Gasteiger partial charge on any atom is -0.465 e. The summed E-state index contributed by atoms with van der Waals surface area (Å²) in [7, 11) is 0. The topological polar surface area (TPSA) is 40.5 Å². The fourth-order valence-corrected chi connectivity index (χ4v) is 2.17. The molecule has 0 fully saturated rings. The van der Waals surface area contributed by atoms with Crippen LogP contribution in [0.2, 0.25) is 0 Å². The van der Waals surface area contributed by atoms with E-state index in [2.05, 4.69) is 0 Å². The largest absolute Gasteiger partial charge is 0.465 e. The van der Waals surface area contributed by atoms with Gasteiger partial charge in [0.15, 0.2) is 0 Å². The van der Waals surface area contributed by atoms with Crippen molar-refractivity contribution in [3.63, 3.8) is 0 Å². The van der Waals surface area contributed by atoms with Gasteiger partial charge in [-0.05, 0) is 23.6 Å². The highest BCUT2D eigenvalue weighted by Gasteiger charge is 2.37. The Morgan fingerprint density at radius 1 is 1.30 bits per heavy atom. The van der Waals surface area contributed by atoms with Gasteiger partial charge in [-0.1, -0.05) is 18.2 Å². The average molecular weight is 289 g/mol. The Kier molecular flexibility index (Phi) is 3.69. The van der Waals surface area contributed by atoms with Crippen molar-refractivity contribution >= 4 is 11.7 Å². The molecule has 1 heterocycles. The Balaban J connectivity index is 2.40. The number of hydrogen-bond acceptors (Lipinski definition) is 1. The molecule has 2 rings (SSSR count). The monoisotopic (exact) mass is 289 g/mol. The van der Waals surface area contributed by atoms with Gasteiger partial charge in [-0.2, -0.15) is 13.2 Å². The van der Waals surface area contributed by atoms with Crippen molar-refractivity contribution in [3.05, 3.63) is 41.2 Å². The minimum atomic E-state index is -4.79. The van der Waals surface area contributed by atoms with Crippen molar-refractivity contribution in [2.24, 2.45) is 0 Å². The molecule has 0 spiro atoms. The molecule has 108 valence electrons. The van der Waals surface area contributed by atoms with E-state index < -0.39 is 23.7 Å². The van der Waals surface area contributed by atoms with E-state index in [4.69, 9.17) is 5.11 Å². The van der Waals surface area contributed by atoms with Gasteiger partial charge in [0.2, 0.25) is 0 Å². The van der Waals surface area contributed by atoms with Gasteiger partial charge in [0.05, 0.1) is 5.56 Å². The standard InChI is InChI=1S/C13H11F4NO2/c14-10-3-1-2-9(11(10)13(15,16)17)8-4-6-18(7-5-8)12(19)20/h1-4H,5-7H2,(H,19,20). The molecule has 0 atom stereocenters. The van der Waals surface area contributed by atoms with Crippen LogP contribution in [0.1, 0.15) is 17.5 Å². The van der Waals surface area contributed by atoms with Crippen LogP contribution in [0, 0.1) is 5.82 Å². The predicted molar refractivity (Wildman–Crippen MR) is 63.6 cm³/mol. The highest BCUT2D eigenvalue weighted by Crippen LogP contribution is 2.38. The molecule has 1 aliphatic rings. The van der Waals surface area contributed by atoms with E-state index in [1.165, 1.54) is 18.2 Å². The zero-order valence-corrected chi connectivity index (χ0v) is 10.2. The molecule has 0 radical (unpaired) electrons. The lowest BCUT2D eigenvalue weighted by atomic mass is 9.94. The summed E-state index contributed by atoms with van der Waals surface area (Å²) in [5.74, 6) is -1.32. The number of amides is 1. The quantitative estimate of drug-likeness (QED) is 0.802. The van der Waals surface area contributed by atoms with Crippen LogP contribution in [-0.2, 0) is 6.18 Å². The van der Waals surface area contributed by atoms with Crippen LogP contribution in [-0.4, -0.2) is 29.2 Å². The lowest BCUT2D eigenvalue weighted by Crippen LogP contribution is -2.33. The summed E-state index contributed by atoms with van der Waals surface area (Å²) in [6, 6.07) is 3.18. The molecular weight excluding hydrogens is 278 g/mol. The van der Waals surface area contributed by atoms with E-state index >= 15 is 0 Å². The summed E-state index contributed by atoms with van der Waals surface area (Å²) in [5, 5.41) is 8.78. The Bertz CT molecular complexity index is 566. The maximum atomic E-state index is 13.5. The van der Waals surface area contributed by atoms with Gasteiger partial charge >= 0.3 is 12.3 Å². The highest BCUT2D eigenvalue weighted by atomic mass is 19.4. The van der Waals surface area contributed by atoms with Crippen LogP contribution in [0.25, 0.3) is 5.57 Å². The summed E-state index contributed by atoms with van der Waals surface area (Å²) >= 11 is 0. The second-order valence-electron chi connectivity index (χ2n) is 4.37. The lowest BCUT2D eigenvalue weighted by molar-refractivity contribution is -0.140. The van der Waals surface area contributed by atoms with Crippen LogP contribution < -0.4 is 0 Å². The second kappa shape index (κ2) is 5.15. The maximum absolute atomic E-state index is 13.5. The number of rotatable bonds is 1. The Morgan fingerprint density at radius 3 is 2.50 bits per heavy atom. The summed E-state index contributed by atoms with van der Waals surface area (Å²) in [5.41, 5.74) is -1.20. The first-order valence-corrected chi connectivity index (χ1v) is 5.83. The molecule has 20 heavy (non-hydrogen) atoms. The van der Waals surface area contributed by atoms with Crippen molar-refractivity contribution in [2.75, 3.05) is 13.1 Å². The van der Waals surface area contributed by atoms with Gasteiger partial charge in [-0.25, -0.2) is 9.18 Å². The third-order valence-corrected chi connectivity index (χ3v) is 3.12. The Morgan fingerprint density at radius 2 is 2.00 bits per heavy atom. The lowest BCUT2D eigenvalue weighted by Gasteiger charge is -2.25. The Labute approximate surface area is 112 Å². The Hall–Kier alpha value is -2.05. The highest BCUT2D eigenvalue weighted by molar-refractivity contribution is 5.73. The SMILES string of the molecule is O=C(O)N1CC=C(c2cccc(F)c2C(F)(F)F)CC1. The van der Waals surface area contributed by atoms with Gasteiger partial charge in [0.1, 0.15) is 5.82 Å². The van der Waals surface area contributed by atoms with Crippen molar-refractivity contribution in [3.8, 4) is 0 Å². The molecule has 1 aromatic rings. The molecule has 0 bridgehead atoms. The molecular formula is C13H11F4NO2. The molecule has 1 amide bonds. The first-order chi connectivity index (χ1) is 9.30. The maximum Gasteiger partial charge on any atom is 0.419 e. The van der Waals surface area contributed by atoms with Crippen LogP contribution in [0.15, 0.2) is 24.3 Å². The fourth-order valence-electron chi connectivity index (χ4n) is 2.17. The molecule has 0 saturated heterocycles. The summed E-state index contributed by atoms with van der Waals surface area (Å²) in [4.78, 5) is 11.8. The molecule has 0 aromatic heterocycles. The third-order valence-electron chi connectivity index (χ3n) is 3.12. The minimum absolute atomic E-state index is 0.00151. The van der Waals surface area contributed by atoms with E-state index in [1.54, 1.807) is 0 Å². The molecule has 0 saturated carbocycles. The van der Waals surface area contributed by atoms with E-state index in [0.717, 1.165) is 11.0 Å². The van der Waals surface area contributed by atoms with Gasteiger partial charge in [-0.15, -0.1) is 0 Å². The van der Waals surface area contributed by atoms with Crippen LogP contribution in [0.4, 0.5) is 22.4 Å². The number of hydrogen-bond donors (Lipinski definition) is 1. The van der Waals surface area contributed by atoms with Gasteiger partial charge in [0.25, 0.3) is 0 Å². The molecule has 0 aliphatic carbocycles. The molecule has 1 aromatic carbocycles. The zero-order chi connectivity index (χ0) is 14.9. The van der Waals surface area contributed by atoms with Crippen molar-refractivity contribution in [1.82, 2.24) is 4.90 Å².